The molecule has 0 bridgehead atoms. The average molecular weight is 245 g/mol. The van der Waals surface area contributed by atoms with Crippen LogP contribution in [-0.2, 0) is 0 Å². The van der Waals surface area contributed by atoms with Crippen molar-refractivity contribution >= 4 is 16.6 Å². The number of H-pyrrole nitrogens is 1. The van der Waals surface area contributed by atoms with E-state index in [-0.39, 0.29) is 28.1 Å². The van der Waals surface area contributed by atoms with Crippen molar-refractivity contribution in [3.63, 3.8) is 0 Å². The molecule has 0 saturated heterocycles. The molecule has 2 aromatic rings. The number of aromatic amines is 1. The lowest BCUT2D eigenvalue weighted by molar-refractivity contribution is -0.383. The average Bonchev–Trinajstić information content (AvgIpc) is 3.12. The van der Waals surface area contributed by atoms with Crippen molar-refractivity contribution in [1.82, 2.24) is 9.97 Å². The van der Waals surface area contributed by atoms with Crippen molar-refractivity contribution in [3.05, 3.63) is 44.0 Å². The van der Waals surface area contributed by atoms with E-state index in [0.717, 1.165) is 12.8 Å². The van der Waals surface area contributed by atoms with Gasteiger partial charge in [0.1, 0.15) is 5.82 Å². The molecule has 3 rings (SSSR count). The largest absolute Gasteiger partial charge is 0.310 e. The lowest BCUT2D eigenvalue weighted by atomic mass is 10.1. The van der Waals surface area contributed by atoms with Gasteiger partial charge in [0, 0.05) is 12.0 Å². The molecule has 1 aromatic heterocycles. The van der Waals surface area contributed by atoms with Crippen molar-refractivity contribution in [3.8, 4) is 0 Å². The number of nitrogens with zero attached hydrogens (tertiary/aromatic N) is 2. The molecule has 0 spiro atoms. The first-order valence-electron chi connectivity index (χ1n) is 5.75. The second kappa shape index (κ2) is 3.63. The number of nitrogens with one attached hydrogen (secondary N) is 1. The number of hydrogen-bond donors (Lipinski definition) is 1. The van der Waals surface area contributed by atoms with E-state index in [9.17, 15) is 14.9 Å². The monoisotopic (exact) mass is 245 g/mol. The summed E-state index contributed by atoms with van der Waals surface area (Å²) in [4.78, 5) is 29.5. The molecule has 1 N–H and O–H groups in total. The van der Waals surface area contributed by atoms with E-state index in [4.69, 9.17) is 0 Å². The molecule has 1 fully saturated rings. The number of aromatic nitrogens is 2. The normalized spacial score (nSPS) is 14.9. The van der Waals surface area contributed by atoms with Crippen molar-refractivity contribution in [2.24, 2.45) is 0 Å². The van der Waals surface area contributed by atoms with Crippen molar-refractivity contribution < 1.29 is 4.92 Å². The van der Waals surface area contributed by atoms with Crippen molar-refractivity contribution in [1.29, 1.82) is 0 Å². The molecular weight excluding hydrogens is 234 g/mol. The Morgan fingerprint density at radius 1 is 1.44 bits per heavy atom. The van der Waals surface area contributed by atoms with E-state index in [1.165, 1.54) is 6.07 Å². The summed E-state index contributed by atoms with van der Waals surface area (Å²) in [5.74, 6) is 0.822. The van der Waals surface area contributed by atoms with Gasteiger partial charge in [-0.05, 0) is 31.4 Å². The van der Waals surface area contributed by atoms with Crippen molar-refractivity contribution in [2.45, 2.75) is 25.7 Å². The Balaban J connectivity index is 2.39. The first-order valence-corrected chi connectivity index (χ1v) is 5.75. The fourth-order valence-electron chi connectivity index (χ4n) is 2.07. The number of non-ortho nitro benzene ring substituents is 1. The predicted octanol–water partition coefficient (Wildman–Crippen LogP) is 2.02. The third-order valence-corrected chi connectivity index (χ3v) is 3.11. The van der Waals surface area contributed by atoms with Crippen LogP contribution < -0.4 is 5.56 Å². The number of rotatable bonds is 2. The molecule has 6 nitrogen and oxygen atoms in total. The minimum atomic E-state index is -0.488. The Morgan fingerprint density at radius 2 is 2.17 bits per heavy atom. The van der Waals surface area contributed by atoms with Crippen LogP contribution in [0.4, 0.5) is 5.69 Å². The summed E-state index contributed by atoms with van der Waals surface area (Å²) in [6.45, 7) is 1.72. The molecule has 0 radical (unpaired) electrons. The summed E-state index contributed by atoms with van der Waals surface area (Å²) < 4.78 is 0. The standard InChI is InChI=1S/C12H11N3O3/c1-6-4-8-10(9(5-6)15(17)18)13-11(7-2-3-7)14-12(8)16/h4-5,7H,2-3H2,1H3,(H,13,14,16). The summed E-state index contributed by atoms with van der Waals surface area (Å²) in [7, 11) is 0. The van der Waals surface area contributed by atoms with Crippen LogP contribution in [0, 0.1) is 17.0 Å². The highest BCUT2D eigenvalue weighted by Gasteiger charge is 2.28. The van der Waals surface area contributed by atoms with Gasteiger partial charge in [-0.25, -0.2) is 4.98 Å². The van der Waals surface area contributed by atoms with E-state index in [2.05, 4.69) is 9.97 Å². The number of hydrogen-bond acceptors (Lipinski definition) is 4. The fraction of sp³-hybridized carbons (Fsp3) is 0.333. The summed E-state index contributed by atoms with van der Waals surface area (Å²) in [6.07, 6.45) is 1.96. The summed E-state index contributed by atoms with van der Waals surface area (Å²) in [5.41, 5.74) is 0.476. The van der Waals surface area contributed by atoms with Crippen LogP contribution in [0.3, 0.4) is 0 Å². The molecular formula is C12H11N3O3. The summed E-state index contributed by atoms with van der Waals surface area (Å²) in [6, 6.07) is 3.08. The van der Waals surface area contributed by atoms with Gasteiger partial charge in [-0.2, -0.15) is 0 Å². The van der Waals surface area contributed by atoms with Gasteiger partial charge in [0.25, 0.3) is 11.2 Å². The van der Waals surface area contributed by atoms with Crippen LogP contribution in [0.15, 0.2) is 16.9 Å². The molecule has 18 heavy (non-hydrogen) atoms. The second-order valence-electron chi connectivity index (χ2n) is 4.66. The van der Waals surface area contributed by atoms with Crippen molar-refractivity contribution in [2.75, 3.05) is 0 Å². The fourth-order valence-corrected chi connectivity index (χ4v) is 2.07. The summed E-state index contributed by atoms with van der Waals surface area (Å²) >= 11 is 0. The molecule has 0 unspecified atom stereocenters. The Kier molecular flexibility index (Phi) is 2.19. The quantitative estimate of drug-likeness (QED) is 0.647. The smallest absolute Gasteiger partial charge is 0.295 e. The van der Waals surface area contributed by atoms with Gasteiger partial charge in [0.2, 0.25) is 0 Å². The molecule has 1 heterocycles. The zero-order valence-electron chi connectivity index (χ0n) is 9.77. The molecule has 0 amide bonds. The van der Waals surface area contributed by atoms with E-state index in [0.29, 0.717) is 11.4 Å². The van der Waals surface area contributed by atoms with Crippen LogP contribution in [0.25, 0.3) is 10.9 Å². The van der Waals surface area contributed by atoms with Crippen LogP contribution in [0.5, 0.6) is 0 Å². The number of aryl methyl sites for hydroxylation is 1. The molecule has 0 atom stereocenters. The zero-order valence-corrected chi connectivity index (χ0v) is 9.77. The van der Waals surface area contributed by atoms with E-state index < -0.39 is 4.92 Å². The lowest BCUT2D eigenvalue weighted by Gasteiger charge is -2.03. The maximum atomic E-state index is 11.9. The Bertz CT molecular complexity index is 716. The minimum Gasteiger partial charge on any atom is -0.310 e. The Labute approximate surface area is 102 Å². The maximum absolute atomic E-state index is 11.9. The predicted molar refractivity (Wildman–Crippen MR) is 65.7 cm³/mol. The van der Waals surface area contributed by atoms with Crippen LogP contribution in [0.1, 0.15) is 30.1 Å². The first-order chi connectivity index (χ1) is 8.56. The molecule has 6 heteroatoms. The summed E-state index contributed by atoms with van der Waals surface area (Å²) in [5, 5.41) is 11.3. The second-order valence-corrected chi connectivity index (χ2v) is 4.66. The topological polar surface area (TPSA) is 88.9 Å². The Hall–Kier alpha value is -2.24. The maximum Gasteiger partial charge on any atom is 0.295 e. The number of fused-ring (bicyclic) bond motifs is 1. The molecule has 1 aliphatic rings. The van der Waals surface area contributed by atoms with Gasteiger partial charge in [0.15, 0.2) is 5.52 Å². The van der Waals surface area contributed by atoms with Crippen LogP contribution in [-0.4, -0.2) is 14.9 Å². The zero-order chi connectivity index (χ0) is 12.9. The van der Waals surface area contributed by atoms with Gasteiger partial charge in [-0.15, -0.1) is 0 Å². The van der Waals surface area contributed by atoms with E-state index in [1.807, 2.05) is 0 Å². The number of nitro groups is 1. The minimum absolute atomic E-state index is 0.0991. The van der Waals surface area contributed by atoms with Gasteiger partial charge < -0.3 is 4.98 Å². The third-order valence-electron chi connectivity index (χ3n) is 3.11. The van der Waals surface area contributed by atoms with Gasteiger partial charge in [-0.1, -0.05) is 0 Å². The van der Waals surface area contributed by atoms with Crippen LogP contribution >= 0.6 is 0 Å². The first kappa shape index (κ1) is 10.9. The highest BCUT2D eigenvalue weighted by Crippen LogP contribution is 2.38. The van der Waals surface area contributed by atoms with Gasteiger partial charge in [-0.3, -0.25) is 14.9 Å². The molecule has 1 saturated carbocycles. The SMILES string of the molecule is Cc1cc([N+](=O)[O-])c2nc(C3CC3)[nH]c(=O)c2c1. The number of benzene rings is 1. The van der Waals surface area contributed by atoms with E-state index >= 15 is 0 Å². The van der Waals surface area contributed by atoms with Gasteiger partial charge in [0.05, 0.1) is 10.3 Å². The third kappa shape index (κ3) is 1.66. The molecule has 92 valence electrons. The van der Waals surface area contributed by atoms with E-state index in [1.54, 1.807) is 13.0 Å². The van der Waals surface area contributed by atoms with Crippen LogP contribution in [0.2, 0.25) is 0 Å². The molecule has 0 aliphatic heterocycles. The molecule has 1 aromatic carbocycles. The highest BCUT2D eigenvalue weighted by atomic mass is 16.6. The number of nitro benzene ring substituents is 1. The Morgan fingerprint density at radius 3 is 2.78 bits per heavy atom. The van der Waals surface area contributed by atoms with Gasteiger partial charge >= 0.3 is 0 Å². The lowest BCUT2D eigenvalue weighted by Crippen LogP contribution is -2.12. The highest BCUT2D eigenvalue weighted by molar-refractivity contribution is 5.87. The molecule has 1 aliphatic carbocycles.